The molecule has 33 heavy (non-hydrogen) atoms. The van der Waals surface area contributed by atoms with Gasteiger partial charge in [0.05, 0.1) is 12.1 Å². The Morgan fingerprint density at radius 1 is 1.03 bits per heavy atom. The second-order valence-electron chi connectivity index (χ2n) is 9.27. The van der Waals surface area contributed by atoms with Gasteiger partial charge in [0.1, 0.15) is 0 Å². The Hall–Kier alpha value is -3.08. The number of rotatable bonds is 9. The molecule has 0 bridgehead atoms. The third-order valence-corrected chi connectivity index (χ3v) is 6.90. The molecule has 174 valence electrons. The monoisotopic (exact) mass is 446 g/mol. The maximum Gasteiger partial charge on any atom is 0.336 e. The Balaban J connectivity index is 1.52. The van der Waals surface area contributed by atoms with Crippen LogP contribution in [0.5, 0.6) is 0 Å². The molecule has 1 heterocycles. The summed E-state index contributed by atoms with van der Waals surface area (Å²) in [6.45, 7) is 3.48. The summed E-state index contributed by atoms with van der Waals surface area (Å²) >= 11 is 0. The first-order chi connectivity index (χ1) is 16.1. The fraction of sp³-hybridized carbons (Fsp3) is 0.429. The van der Waals surface area contributed by atoms with Gasteiger partial charge in [0.25, 0.3) is 0 Å². The Kier molecular flexibility index (Phi) is 7.48. The molecule has 1 aliphatic carbocycles. The lowest BCUT2D eigenvalue weighted by molar-refractivity contribution is 0.0697. The van der Waals surface area contributed by atoms with Gasteiger partial charge in [0, 0.05) is 18.4 Å². The summed E-state index contributed by atoms with van der Waals surface area (Å²) in [6.07, 6.45) is 11.6. The maximum atomic E-state index is 13.2. The van der Waals surface area contributed by atoms with Gasteiger partial charge in [0.15, 0.2) is 0 Å². The highest BCUT2D eigenvalue weighted by Gasteiger charge is 2.16. The number of carboxylic acids is 1. The molecule has 4 rings (SSSR count). The molecule has 0 atom stereocenters. The average Bonchev–Trinajstić information content (AvgIpc) is 3.13. The number of nitrogens with zero attached hydrogens (tertiary/aromatic N) is 2. The molecule has 1 fully saturated rings. The Bertz CT molecular complexity index is 1130. The van der Waals surface area contributed by atoms with E-state index in [1.54, 1.807) is 12.1 Å². The largest absolute Gasteiger partial charge is 0.478 e. The number of imidazole rings is 1. The molecule has 0 unspecified atom stereocenters. The summed E-state index contributed by atoms with van der Waals surface area (Å²) in [4.78, 5) is 24.8. The number of aryl methyl sites for hydroxylation is 2. The third kappa shape index (κ3) is 5.47. The van der Waals surface area contributed by atoms with Crippen molar-refractivity contribution in [3.05, 3.63) is 82.0 Å². The smallest absolute Gasteiger partial charge is 0.336 e. The van der Waals surface area contributed by atoms with E-state index < -0.39 is 5.97 Å². The molecule has 0 spiro atoms. The lowest BCUT2D eigenvalue weighted by atomic mass is 9.87. The molecule has 0 saturated heterocycles. The molecule has 3 aromatic rings. The van der Waals surface area contributed by atoms with E-state index >= 15 is 0 Å². The molecule has 5 heteroatoms. The van der Waals surface area contributed by atoms with Crippen LogP contribution in [0, 0.1) is 5.92 Å². The van der Waals surface area contributed by atoms with Gasteiger partial charge < -0.3 is 5.11 Å². The molecular formula is C28H34N2O3. The van der Waals surface area contributed by atoms with Crippen LogP contribution in [0.1, 0.15) is 73.5 Å². The molecule has 1 aromatic heterocycles. The van der Waals surface area contributed by atoms with Crippen molar-refractivity contribution in [3.63, 3.8) is 0 Å². The van der Waals surface area contributed by atoms with Crippen molar-refractivity contribution in [2.45, 2.75) is 71.4 Å². The van der Waals surface area contributed by atoms with Gasteiger partial charge in [-0.3, -0.25) is 9.13 Å². The van der Waals surface area contributed by atoms with Gasteiger partial charge in [-0.05, 0) is 41.5 Å². The molecular weight excluding hydrogens is 412 g/mol. The summed E-state index contributed by atoms with van der Waals surface area (Å²) in [5, 5.41) is 9.48. The molecule has 1 saturated carbocycles. The van der Waals surface area contributed by atoms with Crippen molar-refractivity contribution in [1.82, 2.24) is 9.13 Å². The van der Waals surface area contributed by atoms with Crippen LogP contribution in [-0.2, 0) is 19.5 Å². The van der Waals surface area contributed by atoms with E-state index in [9.17, 15) is 14.7 Å². The zero-order valence-corrected chi connectivity index (χ0v) is 19.5. The number of aromatic nitrogens is 2. The molecule has 0 radical (unpaired) electrons. The normalized spacial score (nSPS) is 14.5. The molecule has 2 aromatic carbocycles. The highest BCUT2D eigenvalue weighted by molar-refractivity contribution is 5.95. The van der Waals surface area contributed by atoms with Crippen molar-refractivity contribution in [2.75, 3.05) is 0 Å². The summed E-state index contributed by atoms with van der Waals surface area (Å²) in [6, 6.07) is 14.9. The van der Waals surface area contributed by atoms with E-state index in [4.69, 9.17) is 0 Å². The lowest BCUT2D eigenvalue weighted by Gasteiger charge is -2.21. The Morgan fingerprint density at radius 3 is 2.45 bits per heavy atom. The number of hydrogen-bond donors (Lipinski definition) is 1. The number of carbonyl (C=O) groups is 1. The van der Waals surface area contributed by atoms with E-state index in [1.807, 2.05) is 45.5 Å². The Morgan fingerprint density at radius 2 is 1.76 bits per heavy atom. The van der Waals surface area contributed by atoms with Gasteiger partial charge in [0.2, 0.25) is 0 Å². The molecule has 1 N–H and O–H groups in total. The predicted octanol–water partition coefficient (Wildman–Crippen LogP) is 5.99. The second-order valence-corrected chi connectivity index (χ2v) is 9.27. The molecule has 0 amide bonds. The minimum absolute atomic E-state index is 0.0783. The SMILES string of the molecule is CCCc1cn(CCC2CCCCC2)c(=O)n1Cc1ccc(-c2ccccc2C(=O)O)cc1. The van der Waals surface area contributed by atoms with Crippen molar-refractivity contribution < 1.29 is 9.90 Å². The van der Waals surface area contributed by atoms with Crippen LogP contribution in [0.3, 0.4) is 0 Å². The van der Waals surface area contributed by atoms with Crippen LogP contribution < -0.4 is 5.69 Å². The van der Waals surface area contributed by atoms with E-state index in [0.717, 1.165) is 48.5 Å². The molecule has 1 aliphatic rings. The minimum Gasteiger partial charge on any atom is -0.478 e. The first-order valence-electron chi connectivity index (χ1n) is 12.3. The van der Waals surface area contributed by atoms with Crippen LogP contribution in [0.25, 0.3) is 11.1 Å². The van der Waals surface area contributed by atoms with E-state index in [2.05, 4.69) is 13.1 Å². The van der Waals surface area contributed by atoms with Crippen LogP contribution >= 0.6 is 0 Å². The highest BCUT2D eigenvalue weighted by Crippen LogP contribution is 2.27. The zero-order valence-electron chi connectivity index (χ0n) is 19.5. The van der Waals surface area contributed by atoms with Crippen molar-refractivity contribution in [1.29, 1.82) is 0 Å². The van der Waals surface area contributed by atoms with Crippen molar-refractivity contribution >= 4 is 5.97 Å². The summed E-state index contributed by atoms with van der Waals surface area (Å²) in [5.41, 5.74) is 4.07. The van der Waals surface area contributed by atoms with Gasteiger partial charge in [-0.1, -0.05) is 87.9 Å². The number of hydrogen-bond acceptors (Lipinski definition) is 2. The van der Waals surface area contributed by atoms with Crippen LogP contribution in [0.2, 0.25) is 0 Å². The summed E-state index contributed by atoms with van der Waals surface area (Å²) in [5.74, 6) is -0.176. The van der Waals surface area contributed by atoms with E-state index in [1.165, 1.54) is 32.1 Å². The van der Waals surface area contributed by atoms with Gasteiger partial charge >= 0.3 is 11.7 Å². The third-order valence-electron chi connectivity index (χ3n) is 6.90. The predicted molar refractivity (Wildman–Crippen MR) is 132 cm³/mol. The quantitative estimate of drug-likeness (QED) is 0.439. The summed E-state index contributed by atoms with van der Waals surface area (Å²) in [7, 11) is 0. The van der Waals surface area contributed by atoms with Crippen LogP contribution in [-0.4, -0.2) is 20.2 Å². The molecule has 5 nitrogen and oxygen atoms in total. The molecule has 0 aliphatic heterocycles. The first kappa shape index (κ1) is 23.1. The van der Waals surface area contributed by atoms with Crippen molar-refractivity contribution in [3.8, 4) is 11.1 Å². The number of benzene rings is 2. The topological polar surface area (TPSA) is 64.2 Å². The second kappa shape index (κ2) is 10.7. The first-order valence-corrected chi connectivity index (χ1v) is 12.3. The van der Waals surface area contributed by atoms with Crippen molar-refractivity contribution in [2.24, 2.45) is 5.92 Å². The maximum absolute atomic E-state index is 13.2. The van der Waals surface area contributed by atoms with Gasteiger partial charge in [-0.15, -0.1) is 0 Å². The number of aromatic carboxylic acids is 1. The van der Waals surface area contributed by atoms with Crippen LogP contribution in [0.4, 0.5) is 0 Å². The fourth-order valence-corrected chi connectivity index (χ4v) is 5.06. The summed E-state index contributed by atoms with van der Waals surface area (Å²) < 4.78 is 3.82. The standard InChI is InChI=1S/C28H34N2O3/c1-2-8-24-20-29(18-17-21-9-4-3-5-10-21)28(33)30(24)19-22-13-15-23(16-14-22)25-11-6-7-12-26(25)27(31)32/h6-7,11-16,20-21H,2-5,8-10,17-19H2,1H3,(H,31,32). The highest BCUT2D eigenvalue weighted by atomic mass is 16.4. The lowest BCUT2D eigenvalue weighted by Crippen LogP contribution is -2.26. The van der Waals surface area contributed by atoms with Crippen LogP contribution in [0.15, 0.2) is 59.5 Å². The number of carboxylic acid groups (broad SMARTS) is 1. The minimum atomic E-state index is -0.931. The van der Waals surface area contributed by atoms with Gasteiger partial charge in [-0.25, -0.2) is 9.59 Å². The Labute approximate surface area is 195 Å². The van der Waals surface area contributed by atoms with E-state index in [0.29, 0.717) is 17.7 Å². The fourth-order valence-electron chi connectivity index (χ4n) is 5.06. The van der Waals surface area contributed by atoms with Gasteiger partial charge in [-0.2, -0.15) is 0 Å². The zero-order chi connectivity index (χ0) is 23.2. The average molecular weight is 447 g/mol. The van der Waals surface area contributed by atoms with E-state index in [-0.39, 0.29) is 5.69 Å².